The molecule has 2 rings (SSSR count). The van der Waals surface area contributed by atoms with Gasteiger partial charge in [0.2, 0.25) is 0 Å². The van der Waals surface area contributed by atoms with Gasteiger partial charge in [0.05, 0.1) is 5.69 Å². The first-order valence-electron chi connectivity index (χ1n) is 7.37. The summed E-state index contributed by atoms with van der Waals surface area (Å²) in [5, 5.41) is 16.6. The third-order valence-corrected chi connectivity index (χ3v) is 4.34. The molecule has 0 fully saturated rings. The van der Waals surface area contributed by atoms with Gasteiger partial charge in [0.25, 0.3) is 0 Å². The monoisotopic (exact) mass is 353 g/mol. The average Bonchev–Trinajstić information content (AvgIpc) is 2.95. The maximum Gasteiger partial charge on any atom is 0.133 e. The van der Waals surface area contributed by atoms with Crippen molar-refractivity contribution in [3.63, 3.8) is 0 Å². The highest BCUT2D eigenvalue weighted by molar-refractivity contribution is 6.35. The quantitative estimate of drug-likeness (QED) is 0.821. The van der Waals surface area contributed by atoms with Gasteiger partial charge < -0.3 is 10.0 Å². The zero-order valence-electron chi connectivity index (χ0n) is 13.3. The third-order valence-electron chi connectivity index (χ3n) is 3.79. The fourth-order valence-corrected chi connectivity index (χ4v) is 3.23. The summed E-state index contributed by atoms with van der Waals surface area (Å²) in [6, 6.07) is 6.92. The molecular weight excluding hydrogens is 333 g/mol. The van der Waals surface area contributed by atoms with Crippen LogP contribution >= 0.6 is 23.2 Å². The molecule has 6 heteroatoms. The van der Waals surface area contributed by atoms with E-state index >= 15 is 0 Å². The van der Waals surface area contributed by atoms with Crippen molar-refractivity contribution in [2.75, 3.05) is 20.6 Å². The lowest BCUT2D eigenvalue weighted by Gasteiger charge is -2.30. The van der Waals surface area contributed by atoms with Crippen LogP contribution in [0.1, 0.15) is 24.1 Å². The van der Waals surface area contributed by atoms with Gasteiger partial charge in [0.15, 0.2) is 0 Å². The molecule has 1 aromatic carbocycles. The Labute approximate surface area is 146 Å². The Morgan fingerprint density at radius 1 is 1.35 bits per heavy atom. The van der Waals surface area contributed by atoms with Crippen LogP contribution in [-0.4, -0.2) is 40.4 Å². The van der Waals surface area contributed by atoms with Gasteiger partial charge in [-0.25, -0.2) is 4.68 Å². The van der Waals surface area contributed by atoms with E-state index in [0.717, 1.165) is 13.0 Å². The fourth-order valence-electron chi connectivity index (χ4n) is 2.66. The Morgan fingerprint density at radius 2 is 2.09 bits per heavy atom. The summed E-state index contributed by atoms with van der Waals surface area (Å²) in [6.45, 7) is 4.60. The number of aromatic nitrogens is 2. The zero-order valence-corrected chi connectivity index (χ0v) is 14.8. The molecule has 2 aromatic rings. The van der Waals surface area contributed by atoms with Crippen molar-refractivity contribution in [2.24, 2.45) is 0 Å². The third kappa shape index (κ3) is 3.96. The number of rotatable bonds is 7. The molecule has 23 heavy (non-hydrogen) atoms. The van der Waals surface area contributed by atoms with Crippen molar-refractivity contribution in [1.29, 1.82) is 0 Å². The second-order valence-corrected chi connectivity index (χ2v) is 6.58. The van der Waals surface area contributed by atoms with Gasteiger partial charge in [0, 0.05) is 28.0 Å². The zero-order chi connectivity index (χ0) is 17.0. The Balaban J connectivity index is 2.48. The van der Waals surface area contributed by atoms with Crippen molar-refractivity contribution >= 4 is 29.4 Å². The number of nitrogens with zero attached hydrogens (tertiary/aromatic N) is 3. The Bertz CT molecular complexity index is 684. The van der Waals surface area contributed by atoms with Gasteiger partial charge in [-0.3, -0.25) is 0 Å². The minimum atomic E-state index is -1.26. The van der Waals surface area contributed by atoms with Crippen LogP contribution in [0.4, 0.5) is 0 Å². The molecule has 0 amide bonds. The van der Waals surface area contributed by atoms with E-state index in [1.54, 1.807) is 41.3 Å². The van der Waals surface area contributed by atoms with E-state index in [0.29, 0.717) is 27.7 Å². The SMILES string of the molecule is C=Cn1nccc1C(O)(CCCN(C)C)c1ccc(Cl)cc1Cl. The van der Waals surface area contributed by atoms with Crippen LogP contribution in [0, 0.1) is 0 Å². The van der Waals surface area contributed by atoms with E-state index in [-0.39, 0.29) is 0 Å². The van der Waals surface area contributed by atoms with E-state index in [4.69, 9.17) is 23.2 Å². The molecule has 0 saturated carbocycles. The van der Waals surface area contributed by atoms with Crippen molar-refractivity contribution in [3.05, 3.63) is 58.3 Å². The van der Waals surface area contributed by atoms with E-state index in [1.807, 2.05) is 14.1 Å². The summed E-state index contributed by atoms with van der Waals surface area (Å²) in [5.41, 5.74) is -0.0102. The maximum absolute atomic E-state index is 11.5. The van der Waals surface area contributed by atoms with Gasteiger partial charge in [-0.15, -0.1) is 0 Å². The number of benzene rings is 1. The Hall–Kier alpha value is -1.33. The summed E-state index contributed by atoms with van der Waals surface area (Å²) in [4.78, 5) is 2.08. The Kier molecular flexibility index (Phi) is 5.87. The van der Waals surface area contributed by atoms with Crippen LogP contribution in [0.15, 0.2) is 37.0 Å². The van der Waals surface area contributed by atoms with E-state index < -0.39 is 5.60 Å². The van der Waals surface area contributed by atoms with Crippen molar-refractivity contribution in [2.45, 2.75) is 18.4 Å². The highest BCUT2D eigenvalue weighted by Gasteiger charge is 2.36. The minimum Gasteiger partial charge on any atom is -0.379 e. The largest absolute Gasteiger partial charge is 0.379 e. The smallest absolute Gasteiger partial charge is 0.133 e. The molecule has 1 aromatic heterocycles. The highest BCUT2D eigenvalue weighted by Crippen LogP contribution is 2.39. The minimum absolute atomic E-state index is 0.432. The molecule has 124 valence electrons. The number of hydrogen-bond donors (Lipinski definition) is 1. The average molecular weight is 354 g/mol. The molecule has 1 N–H and O–H groups in total. The lowest BCUT2D eigenvalue weighted by molar-refractivity contribution is 0.0601. The second-order valence-electron chi connectivity index (χ2n) is 5.73. The van der Waals surface area contributed by atoms with Crippen LogP contribution in [0.25, 0.3) is 6.20 Å². The van der Waals surface area contributed by atoms with Gasteiger partial charge in [-0.2, -0.15) is 5.10 Å². The molecular formula is C17H21Cl2N3O. The van der Waals surface area contributed by atoms with Gasteiger partial charge in [0.1, 0.15) is 5.60 Å². The molecule has 0 aliphatic carbocycles. The van der Waals surface area contributed by atoms with Crippen LogP contribution in [0.2, 0.25) is 10.0 Å². The van der Waals surface area contributed by atoms with Gasteiger partial charge in [-0.05, 0) is 51.7 Å². The first-order chi connectivity index (χ1) is 10.9. The first kappa shape index (κ1) is 18.0. The number of hydrogen-bond acceptors (Lipinski definition) is 3. The molecule has 0 aliphatic heterocycles. The summed E-state index contributed by atoms with van der Waals surface area (Å²) < 4.78 is 1.57. The Morgan fingerprint density at radius 3 is 2.70 bits per heavy atom. The summed E-state index contributed by atoms with van der Waals surface area (Å²) in [5.74, 6) is 0. The van der Waals surface area contributed by atoms with Crippen LogP contribution < -0.4 is 0 Å². The maximum atomic E-state index is 11.5. The fraction of sp³-hybridized carbons (Fsp3) is 0.353. The number of aliphatic hydroxyl groups is 1. The highest BCUT2D eigenvalue weighted by atomic mass is 35.5. The van der Waals surface area contributed by atoms with Crippen LogP contribution in [0.5, 0.6) is 0 Å². The van der Waals surface area contributed by atoms with Crippen molar-refractivity contribution < 1.29 is 5.11 Å². The molecule has 4 nitrogen and oxygen atoms in total. The lowest BCUT2D eigenvalue weighted by Crippen LogP contribution is -2.31. The number of halogens is 2. The van der Waals surface area contributed by atoms with Crippen LogP contribution in [-0.2, 0) is 5.60 Å². The second kappa shape index (κ2) is 7.49. The predicted octanol–water partition coefficient (Wildman–Crippen LogP) is 3.87. The molecule has 1 heterocycles. The predicted molar refractivity (Wildman–Crippen MR) is 95.9 cm³/mol. The standard InChI is InChI=1S/C17H21Cl2N3O/c1-4-22-16(8-10-20-22)17(23,9-5-11-21(2)3)14-7-6-13(18)12-15(14)19/h4,6-8,10,12,23H,1,5,9,11H2,2-3H3. The summed E-state index contributed by atoms with van der Waals surface area (Å²) >= 11 is 12.3. The molecule has 0 radical (unpaired) electrons. The summed E-state index contributed by atoms with van der Waals surface area (Å²) in [6.07, 6.45) is 4.50. The molecule has 1 unspecified atom stereocenters. The van der Waals surface area contributed by atoms with Crippen molar-refractivity contribution in [1.82, 2.24) is 14.7 Å². The van der Waals surface area contributed by atoms with Crippen LogP contribution in [0.3, 0.4) is 0 Å². The van der Waals surface area contributed by atoms with Crippen molar-refractivity contribution in [3.8, 4) is 0 Å². The van der Waals surface area contributed by atoms with E-state index in [1.165, 1.54) is 0 Å². The topological polar surface area (TPSA) is 41.3 Å². The first-order valence-corrected chi connectivity index (χ1v) is 8.13. The molecule has 1 atom stereocenters. The molecule has 0 spiro atoms. The van der Waals surface area contributed by atoms with E-state index in [9.17, 15) is 5.11 Å². The molecule has 0 aliphatic rings. The van der Waals surface area contributed by atoms with Gasteiger partial charge in [-0.1, -0.05) is 35.8 Å². The van der Waals surface area contributed by atoms with E-state index in [2.05, 4.69) is 16.6 Å². The van der Waals surface area contributed by atoms with Gasteiger partial charge >= 0.3 is 0 Å². The molecule has 0 saturated heterocycles. The summed E-state index contributed by atoms with van der Waals surface area (Å²) in [7, 11) is 4.00. The molecule has 0 bridgehead atoms. The normalized spacial score (nSPS) is 14.0. The lowest BCUT2D eigenvalue weighted by atomic mass is 9.85.